The first kappa shape index (κ1) is 25.4. The minimum Gasteiger partial charge on any atom is -0.419 e. The number of rotatable bonds is 7. The lowest BCUT2D eigenvalue weighted by atomic mass is 9.67. The van der Waals surface area contributed by atoms with Gasteiger partial charge in [-0.25, -0.2) is 13.2 Å². The van der Waals surface area contributed by atoms with Crippen LogP contribution in [0.1, 0.15) is 23.1 Å². The number of carbonyl (C=O) groups is 1. The predicted molar refractivity (Wildman–Crippen MR) is 126 cm³/mol. The summed E-state index contributed by atoms with van der Waals surface area (Å²) in [5.74, 6) is -14.2. The van der Waals surface area contributed by atoms with Gasteiger partial charge in [-0.2, -0.15) is 21.4 Å². The molecule has 0 saturated carbocycles. The number of ether oxygens (including phenoxy) is 1. The number of hydrogen-bond donors (Lipinski definition) is 1. The number of hydrogen-bond acceptors (Lipinski definition) is 4. The fourth-order valence-corrected chi connectivity index (χ4v) is 4.48. The summed E-state index contributed by atoms with van der Waals surface area (Å²) in [5, 5.41) is -1.34. The van der Waals surface area contributed by atoms with Gasteiger partial charge in [-0.1, -0.05) is 60.7 Å². The summed E-state index contributed by atoms with van der Waals surface area (Å²) in [4.78, 5) is 17.0. The molecule has 3 aromatic carbocycles. The van der Waals surface area contributed by atoms with Crippen LogP contribution in [0.4, 0.5) is 22.0 Å². The van der Waals surface area contributed by atoms with Crippen LogP contribution in [0.25, 0.3) is 0 Å². The fourth-order valence-electron chi connectivity index (χ4n) is 4.15. The normalized spacial score (nSPS) is 12.3. The van der Waals surface area contributed by atoms with E-state index in [1.54, 1.807) is 24.5 Å². The maximum atomic E-state index is 14.1. The molecular weight excluding hydrogens is 497 g/mol. The Balaban J connectivity index is 1.79. The maximum Gasteiger partial charge on any atom is 0.324 e. The molecule has 4 aromatic rings. The first-order valence-corrected chi connectivity index (χ1v) is 11.2. The van der Waals surface area contributed by atoms with Crippen LogP contribution >= 0.6 is 12.6 Å². The molecule has 0 bridgehead atoms. The van der Waals surface area contributed by atoms with Gasteiger partial charge >= 0.3 is 5.97 Å². The van der Waals surface area contributed by atoms with E-state index in [1.807, 2.05) is 60.7 Å². The van der Waals surface area contributed by atoms with Crippen molar-refractivity contribution >= 4 is 18.6 Å². The molecule has 0 spiro atoms. The lowest BCUT2D eigenvalue weighted by Gasteiger charge is -2.37. The van der Waals surface area contributed by atoms with Crippen LogP contribution in [0.15, 0.2) is 85.2 Å². The summed E-state index contributed by atoms with van der Waals surface area (Å²) in [6, 6.07) is 21.8. The zero-order chi connectivity index (χ0) is 25.9. The van der Waals surface area contributed by atoms with E-state index >= 15 is 0 Å². The first-order valence-electron chi connectivity index (χ1n) is 10.7. The SMILES string of the molecule is O=C(Oc1c(F)c(F)c(F)c(F)c1F)C(S)CC(c1ccccc1)(c1ccccc1)c1ccncc1. The van der Waals surface area contributed by atoms with Crippen molar-refractivity contribution in [3.63, 3.8) is 0 Å². The molecule has 0 radical (unpaired) electrons. The third-order valence-electron chi connectivity index (χ3n) is 5.85. The second kappa shape index (κ2) is 10.5. The van der Waals surface area contributed by atoms with Crippen molar-refractivity contribution in [2.75, 3.05) is 0 Å². The molecule has 0 saturated heterocycles. The minimum absolute atomic E-state index is 0.0810. The summed E-state index contributed by atoms with van der Waals surface area (Å²) >= 11 is 4.34. The highest BCUT2D eigenvalue weighted by molar-refractivity contribution is 7.81. The smallest absolute Gasteiger partial charge is 0.324 e. The van der Waals surface area contributed by atoms with Crippen LogP contribution in [0.2, 0.25) is 0 Å². The minimum atomic E-state index is -2.35. The zero-order valence-corrected chi connectivity index (χ0v) is 19.4. The van der Waals surface area contributed by atoms with Crippen molar-refractivity contribution in [2.24, 2.45) is 0 Å². The summed E-state index contributed by atoms with van der Waals surface area (Å²) < 4.78 is 73.6. The predicted octanol–water partition coefficient (Wildman–Crippen LogP) is 6.41. The molecule has 36 heavy (non-hydrogen) atoms. The standard InChI is InChI=1S/C27H18F5NO2S/c28-20-21(29)23(31)25(24(32)22(20)30)35-26(34)19(36)15-27(16-7-3-1-4-8-16,17-9-5-2-6-10-17)18-11-13-33-14-12-18/h1-14,19,36H,15H2. The zero-order valence-electron chi connectivity index (χ0n) is 18.5. The molecule has 1 heterocycles. The Hall–Kier alpha value is -3.72. The van der Waals surface area contributed by atoms with Crippen molar-refractivity contribution in [3.05, 3.63) is 131 Å². The van der Waals surface area contributed by atoms with Crippen molar-refractivity contribution in [2.45, 2.75) is 17.1 Å². The molecule has 1 aromatic heterocycles. The maximum absolute atomic E-state index is 14.1. The molecule has 184 valence electrons. The highest BCUT2D eigenvalue weighted by Crippen LogP contribution is 2.44. The molecule has 1 unspecified atom stereocenters. The van der Waals surface area contributed by atoms with Crippen molar-refractivity contribution in [1.29, 1.82) is 0 Å². The Bertz CT molecular complexity index is 1250. The van der Waals surface area contributed by atoms with Crippen molar-refractivity contribution < 1.29 is 31.5 Å². The lowest BCUT2D eigenvalue weighted by Crippen LogP contribution is -2.36. The number of thiol groups is 1. The lowest BCUT2D eigenvalue weighted by molar-refractivity contribution is -0.134. The van der Waals surface area contributed by atoms with E-state index in [-0.39, 0.29) is 6.42 Å². The van der Waals surface area contributed by atoms with Gasteiger partial charge in [-0.3, -0.25) is 9.78 Å². The average molecular weight is 516 g/mol. The number of carbonyl (C=O) groups excluding carboxylic acids is 1. The van der Waals surface area contributed by atoms with Gasteiger partial charge < -0.3 is 4.74 Å². The molecule has 4 rings (SSSR count). The van der Waals surface area contributed by atoms with E-state index in [0.29, 0.717) is 0 Å². The van der Waals surface area contributed by atoms with Crippen LogP contribution in [0.5, 0.6) is 5.75 Å². The fraction of sp³-hybridized carbons (Fsp3) is 0.111. The molecule has 0 amide bonds. The monoisotopic (exact) mass is 515 g/mol. The van der Waals surface area contributed by atoms with Gasteiger partial charge in [0.25, 0.3) is 0 Å². The van der Waals surface area contributed by atoms with Crippen LogP contribution in [0, 0.1) is 29.1 Å². The van der Waals surface area contributed by atoms with Gasteiger partial charge in [0.2, 0.25) is 34.8 Å². The topological polar surface area (TPSA) is 39.2 Å². The molecule has 3 nitrogen and oxygen atoms in total. The van der Waals surface area contributed by atoms with Gasteiger partial charge in [0.05, 0.1) is 0 Å². The first-order chi connectivity index (χ1) is 17.3. The third-order valence-corrected chi connectivity index (χ3v) is 6.24. The van der Waals surface area contributed by atoms with Crippen LogP contribution in [-0.4, -0.2) is 16.2 Å². The van der Waals surface area contributed by atoms with Gasteiger partial charge in [0.1, 0.15) is 5.25 Å². The Kier molecular flexibility index (Phi) is 7.40. The van der Waals surface area contributed by atoms with Gasteiger partial charge in [-0.05, 0) is 35.2 Å². The molecule has 1 atom stereocenters. The van der Waals surface area contributed by atoms with Gasteiger partial charge in [-0.15, -0.1) is 0 Å². The number of nitrogens with zero attached hydrogens (tertiary/aromatic N) is 1. The molecule has 0 fully saturated rings. The highest BCUT2D eigenvalue weighted by atomic mass is 32.1. The third kappa shape index (κ3) is 4.58. The highest BCUT2D eigenvalue weighted by Gasteiger charge is 2.40. The molecular formula is C27H18F5NO2S. The van der Waals surface area contributed by atoms with Gasteiger partial charge in [0, 0.05) is 17.8 Å². The Morgan fingerprint density at radius 3 is 1.61 bits per heavy atom. The summed E-state index contributed by atoms with van der Waals surface area (Å²) in [6.07, 6.45) is 3.08. The van der Waals surface area contributed by atoms with Crippen molar-refractivity contribution in [3.8, 4) is 5.75 Å². The Labute approximate surface area is 209 Å². The van der Waals surface area contributed by atoms with Crippen molar-refractivity contribution in [1.82, 2.24) is 4.98 Å². The van der Waals surface area contributed by atoms with Crippen LogP contribution in [-0.2, 0) is 10.2 Å². The molecule has 0 aliphatic carbocycles. The molecule has 9 heteroatoms. The Morgan fingerprint density at radius 1 is 0.722 bits per heavy atom. The van der Waals surface area contributed by atoms with E-state index < -0.39 is 51.5 Å². The number of pyridine rings is 1. The Morgan fingerprint density at radius 2 is 1.14 bits per heavy atom. The summed E-state index contributed by atoms with van der Waals surface area (Å²) in [5.41, 5.74) is 1.27. The number of benzene rings is 3. The van der Waals surface area contributed by atoms with Crippen LogP contribution in [0.3, 0.4) is 0 Å². The van der Waals surface area contributed by atoms with E-state index in [4.69, 9.17) is 0 Å². The number of esters is 1. The number of halogens is 5. The van der Waals surface area contributed by atoms with Gasteiger partial charge in [0.15, 0.2) is 0 Å². The van der Waals surface area contributed by atoms with E-state index in [2.05, 4.69) is 22.3 Å². The molecule has 0 N–H and O–H groups in total. The van der Waals surface area contributed by atoms with E-state index in [9.17, 15) is 26.7 Å². The molecule has 0 aliphatic heterocycles. The second-order valence-electron chi connectivity index (χ2n) is 7.91. The van der Waals surface area contributed by atoms with E-state index in [0.717, 1.165) is 16.7 Å². The second-order valence-corrected chi connectivity index (χ2v) is 8.54. The average Bonchev–Trinajstić information content (AvgIpc) is 2.93. The van der Waals surface area contributed by atoms with Crippen LogP contribution < -0.4 is 4.74 Å². The quantitative estimate of drug-likeness (QED) is 0.0773. The summed E-state index contributed by atoms with van der Waals surface area (Å²) in [7, 11) is 0. The number of aromatic nitrogens is 1. The van der Waals surface area contributed by atoms with E-state index in [1.165, 1.54) is 0 Å². The largest absolute Gasteiger partial charge is 0.419 e. The molecule has 0 aliphatic rings. The summed E-state index contributed by atoms with van der Waals surface area (Å²) in [6.45, 7) is 0.